The van der Waals surface area contributed by atoms with Gasteiger partial charge in [0, 0.05) is 4.11 Å². The van der Waals surface area contributed by atoms with Crippen molar-refractivity contribution in [1.82, 2.24) is 0 Å². The topological polar surface area (TPSA) is 0 Å². The van der Waals surface area contributed by atoms with Crippen LogP contribution in [0.1, 0.15) is 57.9 Å². The van der Waals surface area contributed by atoms with Crippen molar-refractivity contribution in [2.45, 2.75) is 53.8 Å². The van der Waals surface area contributed by atoms with E-state index in [4.69, 9.17) is 4.11 Å². The molecule has 3 atom stereocenters. The molecule has 0 aliphatic heterocycles. The third kappa shape index (κ3) is 3.00. The highest BCUT2D eigenvalue weighted by Gasteiger charge is 2.31. The summed E-state index contributed by atoms with van der Waals surface area (Å²) in [6.07, 6.45) is 3.40. The van der Waals surface area contributed by atoms with Gasteiger partial charge in [0.1, 0.15) is 0 Å². The zero-order valence-corrected chi connectivity index (χ0v) is 9.51. The summed E-state index contributed by atoms with van der Waals surface area (Å²) < 4.78 is 22.4. The molecule has 78 valence electrons. The maximum absolute atomic E-state index is 7.46. The quantitative estimate of drug-likeness (QED) is 0.600. The molecule has 1 saturated carbocycles. The van der Waals surface area contributed by atoms with Gasteiger partial charge in [0.2, 0.25) is 0 Å². The Bertz CT molecular complexity index is 210. The summed E-state index contributed by atoms with van der Waals surface area (Å²) in [5.74, 6) is 2.62. The molecular formula is C13H26. The molecule has 13 heavy (non-hydrogen) atoms. The standard InChI is InChI=1S/C13H26/c1-9(2)6-13-11(4)7-10(3)8-12(13)5/h9-13H,6-8H2,1-5H3/i1D3. The van der Waals surface area contributed by atoms with Gasteiger partial charge in [-0.05, 0) is 48.9 Å². The van der Waals surface area contributed by atoms with Crippen molar-refractivity contribution in [3.63, 3.8) is 0 Å². The summed E-state index contributed by atoms with van der Waals surface area (Å²) in [6, 6.07) is 0. The highest BCUT2D eigenvalue weighted by atomic mass is 14.4. The normalized spacial score (nSPS) is 47.5. The van der Waals surface area contributed by atoms with Gasteiger partial charge in [0.25, 0.3) is 0 Å². The van der Waals surface area contributed by atoms with Gasteiger partial charge in [-0.15, -0.1) is 0 Å². The molecule has 1 fully saturated rings. The molecule has 0 amide bonds. The third-order valence-corrected chi connectivity index (χ3v) is 3.64. The molecule has 1 aliphatic carbocycles. The molecule has 0 heterocycles. The predicted octanol–water partition coefficient (Wildman–Crippen LogP) is 4.35. The Morgan fingerprint density at radius 3 is 2.23 bits per heavy atom. The van der Waals surface area contributed by atoms with Crippen LogP contribution in [-0.2, 0) is 0 Å². The fourth-order valence-corrected chi connectivity index (χ4v) is 3.15. The summed E-state index contributed by atoms with van der Waals surface area (Å²) in [5.41, 5.74) is 0. The van der Waals surface area contributed by atoms with Crippen molar-refractivity contribution in [2.24, 2.45) is 29.6 Å². The van der Waals surface area contributed by atoms with E-state index in [1.54, 1.807) is 0 Å². The van der Waals surface area contributed by atoms with E-state index in [0.717, 1.165) is 12.3 Å². The van der Waals surface area contributed by atoms with Crippen LogP contribution in [0.3, 0.4) is 0 Å². The molecule has 0 bridgehead atoms. The monoisotopic (exact) mass is 185 g/mol. The number of rotatable bonds is 2. The maximum Gasteiger partial charge on any atom is 0.0233 e. The lowest BCUT2D eigenvalue weighted by Gasteiger charge is -2.39. The van der Waals surface area contributed by atoms with Crippen LogP contribution in [0.5, 0.6) is 0 Å². The van der Waals surface area contributed by atoms with Crippen molar-refractivity contribution in [1.29, 1.82) is 0 Å². The lowest BCUT2D eigenvalue weighted by atomic mass is 9.67. The third-order valence-electron chi connectivity index (χ3n) is 3.64. The Balaban J connectivity index is 2.59. The first-order valence-electron chi connectivity index (χ1n) is 7.21. The fourth-order valence-electron chi connectivity index (χ4n) is 3.15. The summed E-state index contributed by atoms with van der Waals surface area (Å²) >= 11 is 0. The first kappa shape index (κ1) is 7.31. The molecule has 0 nitrogen and oxygen atoms in total. The molecule has 0 radical (unpaired) electrons. The Labute approximate surface area is 88.3 Å². The van der Waals surface area contributed by atoms with Crippen LogP contribution in [0.4, 0.5) is 0 Å². The van der Waals surface area contributed by atoms with Crippen LogP contribution in [0.15, 0.2) is 0 Å². The van der Waals surface area contributed by atoms with Gasteiger partial charge in [-0.2, -0.15) is 0 Å². The van der Waals surface area contributed by atoms with Crippen LogP contribution >= 0.6 is 0 Å². The predicted molar refractivity (Wildman–Crippen MR) is 59.7 cm³/mol. The molecule has 1 rings (SSSR count). The number of hydrogen-bond acceptors (Lipinski definition) is 0. The second kappa shape index (κ2) is 4.48. The zero-order chi connectivity index (χ0) is 12.5. The maximum atomic E-state index is 7.46. The van der Waals surface area contributed by atoms with E-state index in [2.05, 4.69) is 20.8 Å². The zero-order valence-electron chi connectivity index (χ0n) is 12.5. The van der Waals surface area contributed by atoms with E-state index in [1.807, 2.05) is 6.92 Å². The Morgan fingerprint density at radius 1 is 1.23 bits per heavy atom. The highest BCUT2D eigenvalue weighted by Crippen LogP contribution is 2.40. The van der Waals surface area contributed by atoms with Crippen molar-refractivity contribution < 1.29 is 4.11 Å². The van der Waals surface area contributed by atoms with Crippen LogP contribution in [0.2, 0.25) is 0 Å². The Morgan fingerprint density at radius 2 is 1.77 bits per heavy atom. The smallest absolute Gasteiger partial charge is 0.0233 e. The second-order valence-electron chi connectivity index (χ2n) is 5.33. The minimum absolute atomic E-state index is 0.157. The van der Waals surface area contributed by atoms with Crippen molar-refractivity contribution in [2.75, 3.05) is 0 Å². The van der Waals surface area contributed by atoms with E-state index >= 15 is 0 Å². The SMILES string of the molecule is [2H]C([2H])([2H])C(C)CC1C(C)CC(C)CC1C. The fraction of sp³-hybridized carbons (Fsp3) is 1.00. The van der Waals surface area contributed by atoms with Crippen molar-refractivity contribution >= 4 is 0 Å². The van der Waals surface area contributed by atoms with Crippen LogP contribution in [-0.4, -0.2) is 0 Å². The minimum Gasteiger partial charge on any atom is -0.0628 e. The van der Waals surface area contributed by atoms with E-state index in [0.29, 0.717) is 17.8 Å². The second-order valence-corrected chi connectivity index (χ2v) is 5.33. The summed E-state index contributed by atoms with van der Waals surface area (Å²) in [6.45, 7) is 7.01. The summed E-state index contributed by atoms with van der Waals surface area (Å²) in [5, 5.41) is 0. The van der Waals surface area contributed by atoms with Gasteiger partial charge in [-0.25, -0.2) is 0 Å². The average molecular weight is 185 g/mol. The highest BCUT2D eigenvalue weighted by molar-refractivity contribution is 4.81. The van der Waals surface area contributed by atoms with Gasteiger partial charge in [-0.3, -0.25) is 0 Å². The van der Waals surface area contributed by atoms with Crippen LogP contribution < -0.4 is 0 Å². The van der Waals surface area contributed by atoms with Gasteiger partial charge < -0.3 is 0 Å². The van der Waals surface area contributed by atoms with Crippen LogP contribution in [0, 0.1) is 29.6 Å². The first-order chi connectivity index (χ1) is 7.21. The first-order valence-corrected chi connectivity index (χ1v) is 5.71. The Kier molecular flexibility index (Phi) is 2.52. The molecule has 0 aromatic carbocycles. The van der Waals surface area contributed by atoms with Crippen molar-refractivity contribution in [3.8, 4) is 0 Å². The average Bonchev–Trinajstić information content (AvgIpc) is 2.08. The molecule has 0 aromatic heterocycles. The number of hydrogen-bond donors (Lipinski definition) is 0. The molecule has 0 N–H and O–H groups in total. The van der Waals surface area contributed by atoms with E-state index in [1.165, 1.54) is 12.8 Å². The Hall–Kier alpha value is 0. The lowest BCUT2D eigenvalue weighted by molar-refractivity contribution is 0.115. The lowest BCUT2D eigenvalue weighted by Crippen LogP contribution is -2.29. The van der Waals surface area contributed by atoms with E-state index < -0.39 is 6.85 Å². The molecule has 0 aromatic rings. The molecular weight excluding hydrogens is 156 g/mol. The summed E-state index contributed by atoms with van der Waals surface area (Å²) in [4.78, 5) is 0. The van der Waals surface area contributed by atoms with Gasteiger partial charge in [-0.1, -0.05) is 34.5 Å². The summed E-state index contributed by atoms with van der Waals surface area (Å²) in [7, 11) is 0. The van der Waals surface area contributed by atoms with Gasteiger partial charge >= 0.3 is 0 Å². The van der Waals surface area contributed by atoms with E-state index in [-0.39, 0.29) is 5.92 Å². The molecule has 1 aliphatic rings. The molecule has 0 saturated heterocycles. The molecule has 3 unspecified atom stereocenters. The minimum atomic E-state index is -1.78. The van der Waals surface area contributed by atoms with Crippen LogP contribution in [0.25, 0.3) is 0 Å². The molecule has 0 spiro atoms. The van der Waals surface area contributed by atoms with Gasteiger partial charge in [0.05, 0.1) is 0 Å². The largest absolute Gasteiger partial charge is 0.0628 e. The molecule has 0 heteroatoms. The van der Waals surface area contributed by atoms with Gasteiger partial charge in [0.15, 0.2) is 0 Å². The van der Waals surface area contributed by atoms with Crippen molar-refractivity contribution in [3.05, 3.63) is 0 Å². The van der Waals surface area contributed by atoms with E-state index in [9.17, 15) is 0 Å².